The van der Waals surface area contributed by atoms with Crippen LogP contribution in [0.3, 0.4) is 0 Å². The zero-order valence-electron chi connectivity index (χ0n) is 45.7. The number of allylic oxidation sites excluding steroid dienone is 12. The van der Waals surface area contributed by atoms with E-state index in [4.69, 9.17) is 25.7 Å². The lowest BCUT2D eigenvalue weighted by molar-refractivity contribution is -0.277. The van der Waals surface area contributed by atoms with Gasteiger partial charge in [-0.05, 0) is 75.1 Å². The molecule has 2 aliphatic rings. The summed E-state index contributed by atoms with van der Waals surface area (Å²) < 4.78 is 17.6. The van der Waals surface area contributed by atoms with Crippen molar-refractivity contribution in [1.29, 1.82) is 0 Å². The molecule has 14 N–H and O–H groups in total. The molecule has 0 saturated carbocycles. The molecule has 0 aromatic heterocycles. The van der Waals surface area contributed by atoms with Gasteiger partial charge in [0.05, 0.1) is 73.5 Å². The highest BCUT2D eigenvalue weighted by Gasteiger charge is 2.43. The Balaban J connectivity index is 1.82. The summed E-state index contributed by atoms with van der Waals surface area (Å²) in [6.45, 7) is 7.08. The minimum absolute atomic E-state index is 0.0526. The summed E-state index contributed by atoms with van der Waals surface area (Å²) in [5, 5.41) is 107. The van der Waals surface area contributed by atoms with Crippen molar-refractivity contribution in [2.75, 3.05) is 5.73 Å². The number of carboxylic acids is 1. The van der Waals surface area contributed by atoms with E-state index in [1.807, 2.05) is 26.8 Å². The number of aliphatic carboxylic acids is 1. The fraction of sp³-hybridized carbons (Fsp3) is 0.576. The van der Waals surface area contributed by atoms with Crippen molar-refractivity contribution in [3.8, 4) is 0 Å². The van der Waals surface area contributed by atoms with E-state index in [0.717, 1.165) is 0 Å². The maximum Gasteiger partial charge on any atom is 0.311 e. The Hall–Kier alpha value is -5.33. The number of esters is 1. The highest BCUT2D eigenvalue weighted by Crippen LogP contribution is 2.29. The molecule has 1 aromatic rings. The van der Waals surface area contributed by atoms with E-state index in [1.165, 1.54) is 19.1 Å². The molecule has 2 aliphatic heterocycles. The van der Waals surface area contributed by atoms with Crippen LogP contribution >= 0.6 is 0 Å². The minimum Gasteiger partial charge on any atom is -0.481 e. The molecule has 0 amide bonds. The van der Waals surface area contributed by atoms with E-state index in [2.05, 4.69) is 0 Å². The molecule has 1 fully saturated rings. The zero-order chi connectivity index (χ0) is 58.8. The second-order valence-electron chi connectivity index (χ2n) is 21.1. The summed E-state index contributed by atoms with van der Waals surface area (Å²) in [4.78, 5) is 64.4. The van der Waals surface area contributed by atoms with Gasteiger partial charge in [-0.1, -0.05) is 106 Å². The van der Waals surface area contributed by atoms with Gasteiger partial charge in [-0.15, -0.1) is 0 Å². The first kappa shape index (κ1) is 67.9. The zero-order valence-corrected chi connectivity index (χ0v) is 45.7. The fourth-order valence-corrected chi connectivity index (χ4v) is 9.47. The molecular weight excluding hydrogens is 1020 g/mol. The number of hydrogen-bond donors (Lipinski definition) is 12. The Morgan fingerprint density at radius 2 is 1.23 bits per heavy atom. The normalized spacial score (nSPS) is 35.6. The van der Waals surface area contributed by atoms with Crippen molar-refractivity contribution in [1.82, 2.24) is 0 Å². The van der Waals surface area contributed by atoms with E-state index < -0.39 is 141 Å². The maximum absolute atomic E-state index is 13.3. The second kappa shape index (κ2) is 35.4. The molecule has 1 saturated heterocycles. The Morgan fingerprint density at radius 3 is 1.80 bits per heavy atom. The fourth-order valence-electron chi connectivity index (χ4n) is 9.47. The summed E-state index contributed by atoms with van der Waals surface area (Å²) in [7, 11) is 0. The van der Waals surface area contributed by atoms with E-state index in [9.17, 15) is 75.0 Å². The molecule has 1 aromatic carbocycles. The smallest absolute Gasteiger partial charge is 0.311 e. The van der Waals surface area contributed by atoms with Crippen LogP contribution in [-0.4, -0.2) is 166 Å². The molecule has 0 spiro atoms. The summed E-state index contributed by atoms with van der Waals surface area (Å²) in [6.07, 6.45) is 3.96. The lowest BCUT2D eigenvalue weighted by atomic mass is 9.83. The number of ketones is 3. The number of cyclic esters (lactones) is 1. The van der Waals surface area contributed by atoms with Crippen molar-refractivity contribution in [2.45, 2.75) is 190 Å². The van der Waals surface area contributed by atoms with E-state index >= 15 is 0 Å². The number of hydrogen-bond acceptors (Lipinski definition) is 19. The third-order valence-corrected chi connectivity index (χ3v) is 14.0. The van der Waals surface area contributed by atoms with Crippen molar-refractivity contribution < 1.29 is 89.2 Å². The number of carbonyl (C=O) groups is 5. The summed E-state index contributed by atoms with van der Waals surface area (Å²) in [5.74, 6) is -6.71. The molecule has 3 rings (SSSR count). The third kappa shape index (κ3) is 25.3. The number of ether oxygens (including phenoxy) is 3. The molecule has 18 atom stereocenters. The highest BCUT2D eigenvalue weighted by molar-refractivity contribution is 5.96. The Morgan fingerprint density at radius 1 is 0.684 bits per heavy atom. The van der Waals surface area contributed by atoms with Gasteiger partial charge >= 0.3 is 11.9 Å². The molecular formula is C59H86N2O18. The van der Waals surface area contributed by atoms with Crippen molar-refractivity contribution in [3.63, 3.8) is 0 Å². The van der Waals surface area contributed by atoms with Gasteiger partial charge in [0.25, 0.3) is 0 Å². The molecule has 79 heavy (non-hydrogen) atoms. The van der Waals surface area contributed by atoms with Crippen LogP contribution in [0.25, 0.3) is 0 Å². The third-order valence-electron chi connectivity index (χ3n) is 14.0. The molecule has 0 bridgehead atoms. The van der Waals surface area contributed by atoms with E-state index in [-0.39, 0.29) is 68.5 Å². The van der Waals surface area contributed by atoms with E-state index in [1.54, 1.807) is 91.1 Å². The Labute approximate surface area is 463 Å². The van der Waals surface area contributed by atoms with Gasteiger partial charge in [0.1, 0.15) is 29.7 Å². The molecule has 0 aliphatic carbocycles. The van der Waals surface area contributed by atoms with Crippen molar-refractivity contribution in [3.05, 3.63) is 115 Å². The number of nitrogens with two attached hydrogens (primary N) is 2. The van der Waals surface area contributed by atoms with Gasteiger partial charge < -0.3 is 76.7 Å². The largest absolute Gasteiger partial charge is 0.481 e. The van der Waals surface area contributed by atoms with Gasteiger partial charge in [-0.2, -0.15) is 0 Å². The van der Waals surface area contributed by atoms with Crippen molar-refractivity contribution >= 4 is 35.0 Å². The molecule has 13 unspecified atom stereocenters. The predicted molar refractivity (Wildman–Crippen MR) is 294 cm³/mol. The van der Waals surface area contributed by atoms with Gasteiger partial charge in [0, 0.05) is 55.7 Å². The Bertz CT molecular complexity index is 2260. The van der Waals surface area contributed by atoms with Gasteiger partial charge in [-0.3, -0.25) is 24.0 Å². The number of aliphatic hydroxyl groups is 9. The average Bonchev–Trinajstić information content (AvgIpc) is 3.36. The molecule has 20 nitrogen and oxygen atoms in total. The average molecular weight is 1110 g/mol. The monoisotopic (exact) mass is 1110 g/mol. The first-order valence-electron chi connectivity index (χ1n) is 27.1. The number of benzene rings is 1. The summed E-state index contributed by atoms with van der Waals surface area (Å²) in [5.41, 5.74) is 12.7. The van der Waals surface area contributed by atoms with E-state index in [0.29, 0.717) is 17.7 Å². The van der Waals surface area contributed by atoms with Gasteiger partial charge in [0.2, 0.25) is 0 Å². The van der Waals surface area contributed by atoms with Crippen LogP contribution in [0.1, 0.15) is 115 Å². The standard InChI is InChI=1S/C59H86N2O18/c1-35-18-15-13-11-9-7-5-6-8-10-12-14-16-21-47(78-59-56(74)54(61)55(73)38(4)77-59)33-51(71)53(58(75)76)50(70)31-46(67)30-45(66)29-44(65)28-43(64)27-41(62)19-17-20-42(63)32-52(72)79-57(35)37(3)26-36(2)48(68)34-49(69)39-22-24-40(60)25-23-39/h5-16,18,21-25,35-38,42-45,47-48,50-51,53-57,59,63-66,68,70-71,73-74H,17,19-20,26-34,60-61H2,1-4H3,(H,75,76)/b6-5+,9-7+,10-8+,13-11+,14-12+,18-15+,21-16+/t35?,36?,37?,38-,42?,43?,44?,45?,47?,48?,50?,51?,53?,54+,55-,56+,57?,59+/m1/s1. The number of rotatable bonds is 10. The van der Waals surface area contributed by atoms with Crippen LogP contribution in [-0.2, 0) is 33.4 Å². The van der Waals surface area contributed by atoms with Gasteiger partial charge in [-0.25, -0.2) is 0 Å². The number of aliphatic hydroxyl groups excluding tert-OH is 9. The minimum atomic E-state index is -1.95. The number of anilines is 1. The molecule has 20 heteroatoms. The molecule has 440 valence electrons. The number of carboxylic acid groups (broad SMARTS) is 1. The van der Waals surface area contributed by atoms with Crippen LogP contribution < -0.4 is 11.5 Å². The van der Waals surface area contributed by atoms with Crippen LogP contribution in [0.2, 0.25) is 0 Å². The van der Waals surface area contributed by atoms with Gasteiger partial charge in [0.15, 0.2) is 12.1 Å². The first-order chi connectivity index (χ1) is 37.4. The molecule has 0 radical (unpaired) electrons. The number of Topliss-reactive ketones (excluding diaryl/α,β-unsaturated/α-hetero) is 3. The lowest BCUT2D eigenvalue weighted by Gasteiger charge is -2.41. The SMILES string of the molecule is CC1/C=C/C=C/C=C/C=C/C=C/C=C/C=C/C(O[C@@H]2O[C@H](C)[C@@H](O)[C@H](N)[C@@H]2O)CC(O)C(C(=O)O)C(O)CC(=O)CC(O)CC(O)CC(O)CC(=O)CCCC(O)CC(=O)OC1C(C)CC(C)C(O)CC(=O)c1ccc(N)cc1. The summed E-state index contributed by atoms with van der Waals surface area (Å²) >= 11 is 0. The molecule has 2 heterocycles. The van der Waals surface area contributed by atoms with Crippen molar-refractivity contribution in [2.24, 2.45) is 29.4 Å². The predicted octanol–water partition coefficient (Wildman–Crippen LogP) is 3.40. The van der Waals surface area contributed by atoms with Crippen LogP contribution in [0.4, 0.5) is 5.69 Å². The number of nitrogen functional groups attached to an aromatic ring is 1. The second-order valence-corrected chi connectivity index (χ2v) is 21.1. The highest BCUT2D eigenvalue weighted by atomic mass is 16.7. The maximum atomic E-state index is 13.3. The van der Waals surface area contributed by atoms with Crippen LogP contribution in [0.5, 0.6) is 0 Å². The lowest BCUT2D eigenvalue weighted by Crippen LogP contribution is -2.61. The Kier molecular flexibility index (Phi) is 30.5. The van der Waals surface area contributed by atoms with Crippen LogP contribution in [0.15, 0.2) is 109 Å². The summed E-state index contributed by atoms with van der Waals surface area (Å²) in [6, 6.07) is 5.27. The van der Waals surface area contributed by atoms with Crippen LogP contribution in [0, 0.1) is 23.7 Å². The first-order valence-corrected chi connectivity index (χ1v) is 27.1. The quantitative estimate of drug-likeness (QED) is 0.0907. The number of carbonyl (C=O) groups excluding carboxylic acids is 4. The topological polar surface area (TPSA) is 367 Å².